The Balaban J connectivity index is -0.0000000267. The third-order valence-corrected chi connectivity index (χ3v) is 0.487. The Labute approximate surface area is 57.2 Å². The summed E-state index contributed by atoms with van der Waals surface area (Å²) in [5, 5.41) is 0. The van der Waals surface area contributed by atoms with Gasteiger partial charge in [-0.05, 0) is 6.42 Å². The van der Waals surface area contributed by atoms with E-state index in [-0.39, 0.29) is 32.6 Å². The van der Waals surface area contributed by atoms with Gasteiger partial charge in [-0.1, -0.05) is 13.3 Å². The number of hydrogen-bond acceptors (Lipinski definition) is 0. The second kappa shape index (κ2) is 9.20. The van der Waals surface area contributed by atoms with Crippen LogP contribution in [-0.2, 0) is 0 Å². The van der Waals surface area contributed by atoms with Crippen molar-refractivity contribution in [3.63, 3.8) is 0 Å². The minimum atomic E-state index is -0.156. The van der Waals surface area contributed by atoms with Gasteiger partial charge in [0.15, 0.2) is 0 Å². The molecule has 0 aromatic rings. The van der Waals surface area contributed by atoms with Gasteiger partial charge in [-0.3, -0.25) is 4.39 Å². The molecule has 0 N–H and O–H groups in total. The molecular formula is C4H11FMg. The van der Waals surface area contributed by atoms with Crippen molar-refractivity contribution in [3.8, 4) is 0 Å². The first-order chi connectivity index (χ1) is 2.41. The third-order valence-electron chi connectivity index (χ3n) is 0.487. The molecule has 0 spiro atoms. The maximum Gasteiger partial charge on any atom is 2.00 e. The summed E-state index contributed by atoms with van der Waals surface area (Å²) in [5.41, 5.74) is 0. The second-order valence-corrected chi connectivity index (χ2v) is 1.04. The molecule has 0 saturated carbocycles. The van der Waals surface area contributed by atoms with Crippen molar-refractivity contribution in [2.75, 3.05) is 6.67 Å². The van der Waals surface area contributed by atoms with Crippen molar-refractivity contribution in [1.82, 2.24) is 0 Å². The van der Waals surface area contributed by atoms with Gasteiger partial charge in [-0.2, -0.15) is 0 Å². The Morgan fingerprint density at radius 1 is 1.67 bits per heavy atom. The quantitative estimate of drug-likeness (QED) is 0.465. The first kappa shape index (κ1) is 9.85. The average molecular weight is 102 g/mol. The van der Waals surface area contributed by atoms with Crippen molar-refractivity contribution < 1.29 is 7.24 Å². The molecule has 0 amide bonds. The van der Waals surface area contributed by atoms with Crippen LogP contribution >= 0.6 is 0 Å². The summed E-state index contributed by atoms with van der Waals surface area (Å²) in [5.74, 6) is 0. The van der Waals surface area contributed by atoms with Gasteiger partial charge in [0, 0.05) is 0 Å². The van der Waals surface area contributed by atoms with Crippen LogP contribution in [0.3, 0.4) is 0 Å². The predicted octanol–water partition coefficient (Wildman–Crippen LogP) is 1.60. The molecule has 0 atom stereocenters. The second-order valence-electron chi connectivity index (χ2n) is 1.04. The number of halogens is 1. The fourth-order valence-corrected chi connectivity index (χ4v) is 0.134. The number of alkyl halides is 1. The summed E-state index contributed by atoms with van der Waals surface area (Å²) >= 11 is 0. The van der Waals surface area contributed by atoms with E-state index in [1.807, 2.05) is 6.92 Å². The first-order valence-corrected chi connectivity index (χ1v) is 1.97. The fourth-order valence-electron chi connectivity index (χ4n) is 0.134. The van der Waals surface area contributed by atoms with Gasteiger partial charge in [0.2, 0.25) is 0 Å². The molecular weight excluding hydrogens is 91.3 g/mol. The Bertz CT molecular complexity index is 21.5. The maximum absolute atomic E-state index is 11.0. The van der Waals surface area contributed by atoms with Crippen LogP contribution in [0.4, 0.5) is 4.39 Å². The van der Waals surface area contributed by atoms with E-state index in [1.165, 1.54) is 0 Å². The zero-order valence-electron chi connectivity index (χ0n) is 6.21. The van der Waals surface area contributed by atoms with E-state index in [0.717, 1.165) is 12.8 Å². The van der Waals surface area contributed by atoms with Crippen LogP contribution in [0.15, 0.2) is 0 Å². The summed E-state index contributed by atoms with van der Waals surface area (Å²) in [7, 11) is 0. The normalized spacial score (nSPS) is 7.00. The van der Waals surface area contributed by atoms with Gasteiger partial charge < -0.3 is 2.85 Å². The van der Waals surface area contributed by atoms with Crippen LogP contribution in [0, 0.1) is 0 Å². The van der Waals surface area contributed by atoms with Crippen molar-refractivity contribution >= 4 is 23.1 Å². The molecule has 0 saturated heterocycles. The van der Waals surface area contributed by atoms with Crippen LogP contribution in [0.25, 0.3) is 0 Å². The predicted molar refractivity (Wildman–Crippen MR) is 28.9 cm³/mol. The molecule has 0 radical (unpaired) electrons. The van der Waals surface area contributed by atoms with Gasteiger partial charge in [0.05, 0.1) is 6.67 Å². The molecule has 0 unspecified atom stereocenters. The molecule has 0 nitrogen and oxygen atoms in total. The van der Waals surface area contributed by atoms with Gasteiger partial charge in [0.25, 0.3) is 0 Å². The third kappa shape index (κ3) is 8.83. The van der Waals surface area contributed by atoms with Crippen LogP contribution in [0.5, 0.6) is 0 Å². The minimum absolute atomic E-state index is 0. The Morgan fingerprint density at radius 2 is 2.17 bits per heavy atom. The van der Waals surface area contributed by atoms with E-state index in [0.29, 0.717) is 0 Å². The van der Waals surface area contributed by atoms with E-state index in [1.54, 1.807) is 0 Å². The van der Waals surface area contributed by atoms with E-state index < -0.39 is 0 Å². The topological polar surface area (TPSA) is 0 Å². The monoisotopic (exact) mass is 102 g/mol. The summed E-state index contributed by atoms with van der Waals surface area (Å²) in [6, 6.07) is 0. The Morgan fingerprint density at radius 3 is 2.17 bits per heavy atom. The molecule has 0 aromatic heterocycles. The molecule has 6 heavy (non-hydrogen) atoms. The zero-order chi connectivity index (χ0) is 4.12. The van der Waals surface area contributed by atoms with E-state index in [2.05, 4.69) is 0 Å². The SMILES string of the molecule is CCCCF.[H-].[H-].[Mg+2]. The smallest absolute Gasteiger partial charge is 1.00 e. The van der Waals surface area contributed by atoms with Crippen LogP contribution in [0.1, 0.15) is 22.6 Å². The van der Waals surface area contributed by atoms with Crippen molar-refractivity contribution in [2.24, 2.45) is 0 Å². The molecule has 36 valence electrons. The summed E-state index contributed by atoms with van der Waals surface area (Å²) < 4.78 is 11.0. The Hall–Kier alpha value is 0.696. The fraction of sp³-hybridized carbons (Fsp3) is 1.00. The molecule has 0 bridgehead atoms. The van der Waals surface area contributed by atoms with Gasteiger partial charge in [-0.25, -0.2) is 0 Å². The largest absolute Gasteiger partial charge is 2.00 e. The van der Waals surface area contributed by atoms with Gasteiger partial charge in [0.1, 0.15) is 0 Å². The molecule has 0 aliphatic heterocycles. The van der Waals surface area contributed by atoms with Crippen LogP contribution in [-0.4, -0.2) is 29.7 Å². The van der Waals surface area contributed by atoms with Crippen molar-refractivity contribution in [1.29, 1.82) is 0 Å². The van der Waals surface area contributed by atoms with Gasteiger partial charge in [-0.15, -0.1) is 0 Å². The zero-order valence-corrected chi connectivity index (χ0v) is 5.62. The number of hydrogen-bond donors (Lipinski definition) is 0. The maximum atomic E-state index is 11.0. The first-order valence-electron chi connectivity index (χ1n) is 1.97. The minimum Gasteiger partial charge on any atom is -1.00 e. The van der Waals surface area contributed by atoms with E-state index in [9.17, 15) is 4.39 Å². The standard InChI is InChI=1S/C4H9F.Mg.2H/c1-2-3-4-5;;;/h2-4H2,1H3;;;/q;+2;2*-1. The molecule has 0 aromatic carbocycles. The number of unbranched alkanes of at least 4 members (excludes halogenated alkanes) is 1. The summed E-state index contributed by atoms with van der Waals surface area (Å²) in [6.45, 7) is 1.82. The van der Waals surface area contributed by atoms with Gasteiger partial charge >= 0.3 is 23.1 Å². The Kier molecular flexibility index (Phi) is 15.1. The van der Waals surface area contributed by atoms with E-state index in [4.69, 9.17) is 0 Å². The average Bonchev–Trinajstić information content (AvgIpc) is 1.41. The molecule has 0 aliphatic carbocycles. The van der Waals surface area contributed by atoms with Crippen LogP contribution in [0.2, 0.25) is 0 Å². The van der Waals surface area contributed by atoms with Crippen LogP contribution < -0.4 is 0 Å². The molecule has 0 aliphatic rings. The van der Waals surface area contributed by atoms with E-state index >= 15 is 0 Å². The van der Waals surface area contributed by atoms with Crippen molar-refractivity contribution in [3.05, 3.63) is 0 Å². The molecule has 0 heterocycles. The summed E-state index contributed by atoms with van der Waals surface area (Å²) in [4.78, 5) is 0. The van der Waals surface area contributed by atoms with Crippen molar-refractivity contribution in [2.45, 2.75) is 19.8 Å². The number of rotatable bonds is 2. The summed E-state index contributed by atoms with van der Waals surface area (Å²) in [6.07, 6.45) is 1.69. The molecule has 2 heteroatoms. The molecule has 0 fully saturated rings. The molecule has 0 rings (SSSR count).